The van der Waals surface area contributed by atoms with Gasteiger partial charge in [-0.1, -0.05) is 31.1 Å². The van der Waals surface area contributed by atoms with Crippen LogP contribution < -0.4 is 5.32 Å². The number of hydrogen-bond acceptors (Lipinski definition) is 4. The Morgan fingerprint density at radius 3 is 2.50 bits per heavy atom. The molecule has 0 fully saturated rings. The molecule has 118 valence electrons. The van der Waals surface area contributed by atoms with Crippen LogP contribution in [0.3, 0.4) is 0 Å². The van der Waals surface area contributed by atoms with Gasteiger partial charge in [0.05, 0.1) is 5.69 Å². The number of nitrogens with zero attached hydrogens (tertiary/aromatic N) is 2. The lowest BCUT2D eigenvalue weighted by Gasteiger charge is -2.15. The lowest BCUT2D eigenvalue weighted by atomic mass is 10.1. The zero-order valence-corrected chi connectivity index (χ0v) is 13.6. The van der Waals surface area contributed by atoms with Gasteiger partial charge in [-0.05, 0) is 24.7 Å². The van der Waals surface area contributed by atoms with E-state index in [4.69, 9.17) is 4.52 Å². The standard InChI is InChI=1S/C17H23N3O2/c1-12(2)17-9-16(19-22-17)11-20(4)10-14-5-7-15(8-6-14)18-13(3)21/h5-9,12H,10-11H2,1-4H3,(H,18,21). The molecule has 2 rings (SSSR count). The molecule has 1 aromatic heterocycles. The third-order valence-electron chi connectivity index (χ3n) is 3.30. The number of carbonyl (C=O) groups is 1. The Morgan fingerprint density at radius 1 is 1.27 bits per heavy atom. The van der Waals surface area contributed by atoms with Crippen molar-refractivity contribution in [1.82, 2.24) is 10.1 Å². The highest BCUT2D eigenvalue weighted by molar-refractivity contribution is 5.88. The summed E-state index contributed by atoms with van der Waals surface area (Å²) in [4.78, 5) is 13.2. The second-order valence-electron chi connectivity index (χ2n) is 5.93. The molecule has 0 spiro atoms. The zero-order chi connectivity index (χ0) is 16.1. The predicted molar refractivity (Wildman–Crippen MR) is 86.5 cm³/mol. The largest absolute Gasteiger partial charge is 0.361 e. The van der Waals surface area contributed by atoms with E-state index < -0.39 is 0 Å². The molecule has 1 amide bonds. The predicted octanol–water partition coefficient (Wildman–Crippen LogP) is 3.39. The number of nitrogens with one attached hydrogen (secondary N) is 1. The molecule has 2 aromatic rings. The van der Waals surface area contributed by atoms with E-state index in [1.54, 1.807) is 0 Å². The summed E-state index contributed by atoms with van der Waals surface area (Å²) < 4.78 is 5.31. The molecule has 1 N–H and O–H groups in total. The Morgan fingerprint density at radius 2 is 1.95 bits per heavy atom. The third-order valence-corrected chi connectivity index (χ3v) is 3.30. The molecule has 0 aliphatic heterocycles. The van der Waals surface area contributed by atoms with Gasteiger partial charge in [-0.15, -0.1) is 0 Å². The topological polar surface area (TPSA) is 58.4 Å². The van der Waals surface area contributed by atoms with Crippen LogP contribution >= 0.6 is 0 Å². The molecule has 0 aliphatic carbocycles. The highest BCUT2D eigenvalue weighted by atomic mass is 16.5. The van der Waals surface area contributed by atoms with Gasteiger partial charge in [-0.2, -0.15) is 0 Å². The van der Waals surface area contributed by atoms with E-state index in [1.807, 2.05) is 37.4 Å². The molecular formula is C17H23N3O2. The minimum atomic E-state index is -0.0585. The van der Waals surface area contributed by atoms with Crippen LogP contribution in [0.15, 0.2) is 34.9 Å². The number of amides is 1. The monoisotopic (exact) mass is 301 g/mol. The van der Waals surface area contributed by atoms with Crippen molar-refractivity contribution in [2.45, 2.75) is 39.8 Å². The Bertz CT molecular complexity index is 617. The van der Waals surface area contributed by atoms with Crippen molar-refractivity contribution in [3.05, 3.63) is 47.3 Å². The third kappa shape index (κ3) is 4.70. The van der Waals surface area contributed by atoms with Crippen LogP contribution in [0.4, 0.5) is 5.69 Å². The molecule has 22 heavy (non-hydrogen) atoms. The van der Waals surface area contributed by atoms with Crippen molar-refractivity contribution >= 4 is 11.6 Å². The van der Waals surface area contributed by atoms with Gasteiger partial charge in [0.25, 0.3) is 0 Å². The zero-order valence-electron chi connectivity index (χ0n) is 13.6. The van der Waals surface area contributed by atoms with Crippen molar-refractivity contribution in [2.75, 3.05) is 12.4 Å². The number of hydrogen-bond donors (Lipinski definition) is 1. The summed E-state index contributed by atoms with van der Waals surface area (Å²) in [5, 5.41) is 6.87. The summed E-state index contributed by atoms with van der Waals surface area (Å²) in [5.41, 5.74) is 2.95. The smallest absolute Gasteiger partial charge is 0.221 e. The van der Waals surface area contributed by atoms with E-state index in [-0.39, 0.29) is 5.91 Å². The van der Waals surface area contributed by atoms with Crippen LogP contribution in [0.5, 0.6) is 0 Å². The molecule has 0 aliphatic rings. The van der Waals surface area contributed by atoms with Gasteiger partial charge in [0, 0.05) is 37.7 Å². The molecule has 5 heteroatoms. The summed E-state index contributed by atoms with van der Waals surface area (Å²) in [5.74, 6) is 1.22. The van der Waals surface area contributed by atoms with Crippen LogP contribution in [0.1, 0.15) is 43.7 Å². The fourth-order valence-electron chi connectivity index (χ4n) is 2.22. The highest BCUT2D eigenvalue weighted by Gasteiger charge is 2.10. The first-order valence-electron chi connectivity index (χ1n) is 7.44. The fourth-order valence-corrected chi connectivity index (χ4v) is 2.22. The highest BCUT2D eigenvalue weighted by Crippen LogP contribution is 2.17. The number of aromatic nitrogens is 1. The first-order chi connectivity index (χ1) is 10.4. The van der Waals surface area contributed by atoms with Crippen molar-refractivity contribution < 1.29 is 9.32 Å². The van der Waals surface area contributed by atoms with Crippen LogP contribution in [-0.4, -0.2) is 23.0 Å². The Balaban J connectivity index is 1.90. The number of benzene rings is 1. The summed E-state index contributed by atoms with van der Waals surface area (Å²) in [7, 11) is 2.05. The normalized spacial score (nSPS) is 11.2. The molecule has 0 unspecified atom stereocenters. The van der Waals surface area contributed by atoms with Gasteiger partial charge in [-0.25, -0.2) is 0 Å². The van der Waals surface area contributed by atoms with E-state index in [0.717, 1.165) is 30.2 Å². The van der Waals surface area contributed by atoms with E-state index in [2.05, 4.69) is 29.2 Å². The summed E-state index contributed by atoms with van der Waals surface area (Å²) in [6.07, 6.45) is 0. The quantitative estimate of drug-likeness (QED) is 0.888. The minimum absolute atomic E-state index is 0.0585. The van der Waals surface area contributed by atoms with Gasteiger partial charge in [0.2, 0.25) is 5.91 Å². The van der Waals surface area contributed by atoms with Crippen LogP contribution in [-0.2, 0) is 17.9 Å². The molecular weight excluding hydrogens is 278 g/mol. The fraction of sp³-hybridized carbons (Fsp3) is 0.412. The Kier molecular flexibility index (Phi) is 5.33. The van der Waals surface area contributed by atoms with Gasteiger partial charge >= 0.3 is 0 Å². The Labute approximate surface area is 131 Å². The maximum Gasteiger partial charge on any atom is 0.221 e. The van der Waals surface area contributed by atoms with Gasteiger partial charge < -0.3 is 9.84 Å². The second-order valence-corrected chi connectivity index (χ2v) is 5.93. The van der Waals surface area contributed by atoms with Gasteiger partial charge in [0.15, 0.2) is 0 Å². The lowest BCUT2D eigenvalue weighted by molar-refractivity contribution is -0.114. The summed E-state index contributed by atoms with van der Waals surface area (Å²) >= 11 is 0. The first kappa shape index (κ1) is 16.2. The van der Waals surface area contributed by atoms with Gasteiger partial charge in [-0.3, -0.25) is 9.69 Å². The van der Waals surface area contributed by atoms with Crippen LogP contribution in [0.25, 0.3) is 0 Å². The maximum atomic E-state index is 11.0. The molecule has 0 saturated carbocycles. The van der Waals surface area contributed by atoms with Crippen molar-refractivity contribution in [3.8, 4) is 0 Å². The molecule has 0 atom stereocenters. The van der Waals surface area contributed by atoms with Crippen LogP contribution in [0.2, 0.25) is 0 Å². The number of rotatable bonds is 6. The average Bonchev–Trinajstić information content (AvgIpc) is 2.89. The summed E-state index contributed by atoms with van der Waals surface area (Å²) in [6.45, 7) is 7.23. The molecule has 5 nitrogen and oxygen atoms in total. The van der Waals surface area contributed by atoms with Crippen molar-refractivity contribution in [1.29, 1.82) is 0 Å². The number of anilines is 1. The van der Waals surface area contributed by atoms with E-state index in [0.29, 0.717) is 5.92 Å². The van der Waals surface area contributed by atoms with Crippen molar-refractivity contribution in [2.24, 2.45) is 0 Å². The maximum absolute atomic E-state index is 11.0. The van der Waals surface area contributed by atoms with Gasteiger partial charge in [0.1, 0.15) is 5.76 Å². The first-order valence-corrected chi connectivity index (χ1v) is 7.44. The molecule has 0 saturated heterocycles. The molecule has 1 heterocycles. The molecule has 0 radical (unpaired) electrons. The van der Waals surface area contributed by atoms with E-state index in [9.17, 15) is 4.79 Å². The average molecular weight is 301 g/mol. The lowest BCUT2D eigenvalue weighted by Crippen LogP contribution is -2.17. The molecule has 0 bridgehead atoms. The Hall–Kier alpha value is -2.14. The second kappa shape index (κ2) is 7.22. The van der Waals surface area contributed by atoms with E-state index in [1.165, 1.54) is 12.5 Å². The summed E-state index contributed by atoms with van der Waals surface area (Å²) in [6, 6.07) is 9.88. The molecule has 1 aromatic carbocycles. The number of carbonyl (C=O) groups excluding carboxylic acids is 1. The van der Waals surface area contributed by atoms with Crippen molar-refractivity contribution in [3.63, 3.8) is 0 Å². The van der Waals surface area contributed by atoms with Crippen LogP contribution in [0, 0.1) is 0 Å². The minimum Gasteiger partial charge on any atom is -0.361 e. The SMILES string of the molecule is CC(=O)Nc1ccc(CN(C)Cc2cc(C(C)C)on2)cc1. The van der Waals surface area contributed by atoms with E-state index >= 15 is 0 Å².